The molecule has 3 aliphatic carbocycles. The van der Waals surface area contributed by atoms with Crippen LogP contribution in [-0.4, -0.2) is 82.5 Å². The van der Waals surface area contributed by atoms with Crippen molar-refractivity contribution in [2.24, 2.45) is 11.8 Å². The van der Waals surface area contributed by atoms with Crippen molar-refractivity contribution in [3.8, 4) is 5.75 Å². The number of likely N-dealkylation sites (N-methyl/N-ethyl adjacent to an activating group) is 1. The first-order chi connectivity index (χ1) is 17.3. The van der Waals surface area contributed by atoms with Crippen molar-refractivity contribution in [2.45, 2.75) is 31.4 Å². The van der Waals surface area contributed by atoms with Gasteiger partial charge in [-0.15, -0.1) is 0 Å². The number of phenolic OH excluding ortho intramolecular Hbond substituents is 1. The number of aliphatic hydroxyl groups excluding tert-OH is 2. The van der Waals surface area contributed by atoms with Gasteiger partial charge in [-0.2, -0.15) is 0 Å². The van der Waals surface area contributed by atoms with E-state index in [2.05, 4.69) is 0 Å². The molecule has 0 aromatic heterocycles. The maximum absolute atomic E-state index is 14.0. The number of phenols is 1. The van der Waals surface area contributed by atoms with Gasteiger partial charge in [0.15, 0.2) is 17.2 Å². The van der Waals surface area contributed by atoms with Gasteiger partial charge >= 0.3 is 0 Å². The molecule has 0 spiro atoms. The number of carbonyl (C=O) groups excluding carboxylic acids is 3. The van der Waals surface area contributed by atoms with Gasteiger partial charge in [0.2, 0.25) is 5.78 Å². The van der Waals surface area contributed by atoms with Crippen LogP contribution >= 0.6 is 0 Å². The second-order valence-corrected chi connectivity index (χ2v) is 10.6. The number of aliphatic hydroxyl groups is 3. The van der Waals surface area contributed by atoms with Crippen LogP contribution in [0.3, 0.4) is 0 Å². The van der Waals surface area contributed by atoms with Crippen LogP contribution in [0.15, 0.2) is 46.9 Å². The largest absolute Gasteiger partial charge is 0.510 e. The molecule has 9 heteroatoms. The van der Waals surface area contributed by atoms with E-state index < -0.39 is 57.9 Å². The molecule has 4 atom stereocenters. The standard InChI is InChI=1S/C28H30N2O7/c1-12(31)18-25(34)22(30(4)5)17-11-13-10-16-20(24(33)19(13)27(36)28(17,37)26(18)35)23(32)15-9-7-6-8-14(15)21(16)29(2)3/h6-9,13,17,22,32,34,36-37H,10-11H2,1-5H3/t13-,17-,22-,28+/m0/s1. The summed E-state index contributed by atoms with van der Waals surface area (Å²) in [4.78, 5) is 43.2. The second kappa shape index (κ2) is 8.16. The average molecular weight is 507 g/mol. The summed E-state index contributed by atoms with van der Waals surface area (Å²) in [6, 6.07) is 6.22. The number of carbonyl (C=O) groups is 3. The molecule has 0 saturated heterocycles. The molecule has 9 nitrogen and oxygen atoms in total. The summed E-state index contributed by atoms with van der Waals surface area (Å²) < 4.78 is 0. The summed E-state index contributed by atoms with van der Waals surface area (Å²) in [5, 5.41) is 46.6. The molecule has 0 saturated carbocycles. The van der Waals surface area contributed by atoms with Gasteiger partial charge in [0, 0.05) is 42.0 Å². The maximum Gasteiger partial charge on any atom is 0.209 e. The van der Waals surface area contributed by atoms with Crippen LogP contribution in [0.4, 0.5) is 5.69 Å². The third-order valence-corrected chi connectivity index (χ3v) is 8.13. The van der Waals surface area contributed by atoms with Crippen molar-refractivity contribution >= 4 is 33.8 Å². The van der Waals surface area contributed by atoms with Crippen molar-refractivity contribution in [3.05, 3.63) is 58.1 Å². The lowest BCUT2D eigenvalue weighted by Crippen LogP contribution is -2.63. The smallest absolute Gasteiger partial charge is 0.209 e. The predicted octanol–water partition coefficient (Wildman–Crippen LogP) is 2.44. The van der Waals surface area contributed by atoms with E-state index in [1.165, 1.54) is 0 Å². The second-order valence-electron chi connectivity index (χ2n) is 10.6. The van der Waals surface area contributed by atoms with Gasteiger partial charge < -0.3 is 25.3 Å². The van der Waals surface area contributed by atoms with Crippen LogP contribution in [0, 0.1) is 11.8 Å². The van der Waals surface area contributed by atoms with Gasteiger partial charge in [0.25, 0.3) is 0 Å². The minimum absolute atomic E-state index is 0.0276. The summed E-state index contributed by atoms with van der Waals surface area (Å²) in [6.07, 6.45) is 0.350. The monoisotopic (exact) mass is 506 g/mol. The first-order valence-corrected chi connectivity index (χ1v) is 12.1. The molecular formula is C28H30N2O7. The highest BCUT2D eigenvalue weighted by atomic mass is 16.3. The number of anilines is 1. The molecule has 2 aromatic rings. The first-order valence-electron chi connectivity index (χ1n) is 12.1. The Morgan fingerprint density at radius 1 is 1.03 bits per heavy atom. The Bertz CT molecular complexity index is 1470. The number of nitrogens with zero attached hydrogens (tertiary/aromatic N) is 2. The van der Waals surface area contributed by atoms with Crippen LogP contribution in [0.1, 0.15) is 29.3 Å². The topological polar surface area (TPSA) is 139 Å². The molecule has 3 aliphatic rings. The van der Waals surface area contributed by atoms with Gasteiger partial charge in [-0.05, 0) is 45.3 Å². The zero-order chi connectivity index (χ0) is 27.1. The number of rotatable bonds is 3. The third kappa shape index (κ3) is 3.13. The summed E-state index contributed by atoms with van der Waals surface area (Å²) >= 11 is 0. The highest BCUT2D eigenvalue weighted by Gasteiger charge is 2.63. The fraction of sp³-hybridized carbons (Fsp3) is 0.393. The quantitative estimate of drug-likeness (QED) is 0.462. The Morgan fingerprint density at radius 3 is 2.22 bits per heavy atom. The third-order valence-electron chi connectivity index (χ3n) is 8.13. The van der Waals surface area contributed by atoms with E-state index in [0.29, 0.717) is 10.9 Å². The van der Waals surface area contributed by atoms with Crippen LogP contribution in [0.5, 0.6) is 5.75 Å². The van der Waals surface area contributed by atoms with Gasteiger partial charge in [-0.1, -0.05) is 24.3 Å². The molecular weight excluding hydrogens is 476 g/mol. The van der Waals surface area contributed by atoms with Crippen LogP contribution < -0.4 is 4.90 Å². The SMILES string of the molecule is CC(=O)C1=C(O)[C@@H](N(C)C)[C@@H]2C[C@@H]3Cc4c(c(O)c5ccccc5c4N(C)C)C(=O)C3=C(O)[C@]2(O)C1=O. The molecule has 0 unspecified atom stereocenters. The summed E-state index contributed by atoms with van der Waals surface area (Å²) in [7, 11) is 6.97. The minimum atomic E-state index is -2.57. The van der Waals surface area contributed by atoms with Crippen molar-refractivity contribution in [1.82, 2.24) is 4.90 Å². The lowest BCUT2D eigenvalue weighted by molar-refractivity contribution is -0.148. The lowest BCUT2D eigenvalue weighted by Gasteiger charge is -2.50. The van der Waals surface area contributed by atoms with Gasteiger partial charge in [0.05, 0.1) is 11.6 Å². The number of hydrogen-bond donors (Lipinski definition) is 4. The van der Waals surface area contributed by atoms with E-state index in [-0.39, 0.29) is 29.7 Å². The summed E-state index contributed by atoms with van der Waals surface area (Å²) in [6.45, 7) is 1.10. The predicted molar refractivity (Wildman–Crippen MR) is 137 cm³/mol. The lowest BCUT2D eigenvalue weighted by atomic mass is 9.58. The minimum Gasteiger partial charge on any atom is -0.510 e. The van der Waals surface area contributed by atoms with E-state index in [1.54, 1.807) is 31.1 Å². The molecule has 0 fully saturated rings. The van der Waals surface area contributed by atoms with Crippen molar-refractivity contribution in [3.63, 3.8) is 0 Å². The molecule has 0 radical (unpaired) electrons. The van der Waals surface area contributed by atoms with E-state index >= 15 is 0 Å². The Balaban J connectivity index is 1.80. The maximum atomic E-state index is 14.0. The van der Waals surface area contributed by atoms with E-state index in [1.807, 2.05) is 31.1 Å². The summed E-state index contributed by atoms with van der Waals surface area (Å²) in [5.74, 6) is -5.64. The average Bonchev–Trinajstić information content (AvgIpc) is 2.81. The molecule has 4 N–H and O–H groups in total. The molecule has 194 valence electrons. The van der Waals surface area contributed by atoms with Gasteiger partial charge in [0.1, 0.15) is 22.8 Å². The number of hydrogen-bond acceptors (Lipinski definition) is 9. The van der Waals surface area contributed by atoms with Gasteiger partial charge in [-0.3, -0.25) is 19.3 Å². The van der Waals surface area contributed by atoms with Crippen LogP contribution in [-0.2, 0) is 16.0 Å². The summed E-state index contributed by atoms with van der Waals surface area (Å²) in [5.41, 5.74) is -1.89. The highest BCUT2D eigenvalue weighted by molar-refractivity contribution is 6.25. The van der Waals surface area contributed by atoms with E-state index in [9.17, 15) is 34.8 Å². The van der Waals surface area contributed by atoms with E-state index in [4.69, 9.17) is 0 Å². The molecule has 2 aromatic carbocycles. The molecule has 0 heterocycles. The molecule has 0 bridgehead atoms. The highest BCUT2D eigenvalue weighted by Crippen LogP contribution is 2.54. The number of Topliss-reactive ketones (excluding diaryl/α,β-unsaturated/α-hetero) is 3. The van der Waals surface area contributed by atoms with Gasteiger partial charge in [-0.25, -0.2) is 0 Å². The van der Waals surface area contributed by atoms with Crippen molar-refractivity contribution < 1.29 is 34.8 Å². The number of fused-ring (bicyclic) bond motifs is 4. The van der Waals surface area contributed by atoms with Crippen LogP contribution in [0.2, 0.25) is 0 Å². The first kappa shape index (κ1) is 25.0. The molecule has 0 amide bonds. The Kier molecular flexibility index (Phi) is 5.51. The molecule has 5 rings (SSSR count). The number of ketones is 3. The number of benzene rings is 2. The Morgan fingerprint density at radius 2 is 1.65 bits per heavy atom. The Labute approximate surface area is 213 Å². The zero-order valence-electron chi connectivity index (χ0n) is 21.4. The fourth-order valence-electron chi connectivity index (χ4n) is 6.66. The fourth-order valence-corrected chi connectivity index (χ4v) is 6.66. The normalized spacial score (nSPS) is 27.4. The van der Waals surface area contributed by atoms with E-state index in [0.717, 1.165) is 18.0 Å². The Hall–Kier alpha value is -3.69. The van der Waals surface area contributed by atoms with Crippen molar-refractivity contribution in [2.75, 3.05) is 33.1 Å². The zero-order valence-corrected chi connectivity index (χ0v) is 21.4. The number of aromatic hydroxyl groups is 1. The van der Waals surface area contributed by atoms with Crippen LogP contribution in [0.25, 0.3) is 10.8 Å². The van der Waals surface area contributed by atoms with Crippen molar-refractivity contribution in [1.29, 1.82) is 0 Å². The molecule has 0 aliphatic heterocycles. The molecule has 37 heavy (non-hydrogen) atoms. The number of allylic oxidation sites excluding steroid dienone is 1.